The van der Waals surface area contributed by atoms with E-state index < -0.39 is 22.2 Å². The van der Waals surface area contributed by atoms with Crippen LogP contribution < -0.4 is 0 Å². The number of aromatic nitrogens is 3. The van der Waals surface area contributed by atoms with Gasteiger partial charge in [0.15, 0.2) is 0 Å². The summed E-state index contributed by atoms with van der Waals surface area (Å²) in [5.41, 5.74) is 3.40. The number of benzene rings is 1. The van der Waals surface area contributed by atoms with Crippen molar-refractivity contribution in [2.45, 2.75) is 58.4 Å². The zero-order valence-electron chi connectivity index (χ0n) is 20.9. The van der Waals surface area contributed by atoms with Gasteiger partial charge in [-0.05, 0) is 56.9 Å². The topological polar surface area (TPSA) is 114 Å². The number of aromatic amines is 1. The summed E-state index contributed by atoms with van der Waals surface area (Å²) in [6, 6.07) is 7.67. The number of sulfonamides is 1. The van der Waals surface area contributed by atoms with Crippen LogP contribution in [0.4, 0.5) is 4.79 Å². The van der Waals surface area contributed by atoms with Gasteiger partial charge in [-0.3, -0.25) is 4.98 Å². The molecule has 35 heavy (non-hydrogen) atoms. The lowest BCUT2D eigenvalue weighted by atomic mass is 10.0. The molecule has 1 N–H and O–H groups in total. The number of pyridine rings is 1. The highest BCUT2D eigenvalue weighted by Gasteiger charge is 2.37. The zero-order valence-corrected chi connectivity index (χ0v) is 21.8. The molecule has 2 aromatic heterocycles. The molecule has 0 radical (unpaired) electrons. The number of hydrogen-bond acceptors (Lipinski definition) is 7. The van der Waals surface area contributed by atoms with E-state index in [2.05, 4.69) is 15.0 Å². The Bertz CT molecular complexity index is 1240. The van der Waals surface area contributed by atoms with E-state index in [0.717, 1.165) is 32.4 Å². The molecule has 190 valence electrons. The first-order chi connectivity index (χ1) is 16.7. The van der Waals surface area contributed by atoms with Crippen molar-refractivity contribution in [1.29, 1.82) is 0 Å². The van der Waals surface area contributed by atoms with E-state index in [4.69, 9.17) is 9.47 Å². The Kier molecular flexibility index (Phi) is 8.85. The van der Waals surface area contributed by atoms with Gasteiger partial charge in [-0.2, -0.15) is 4.31 Å². The van der Waals surface area contributed by atoms with Gasteiger partial charge in [-0.15, -0.1) is 0 Å². The minimum absolute atomic E-state index is 0.0168. The van der Waals surface area contributed by atoms with Crippen LogP contribution in [0, 0.1) is 12.8 Å². The molecule has 0 bridgehead atoms. The number of aryl methyl sites for hydroxylation is 1. The Morgan fingerprint density at radius 2 is 1.83 bits per heavy atom. The fraction of sp³-hybridized carbons (Fsp3) is 0.480. The number of H-pyrrole nitrogens is 1. The number of rotatable bonds is 11. The zero-order chi connectivity index (χ0) is 25.6. The van der Waals surface area contributed by atoms with Gasteiger partial charge in [0.25, 0.3) is 10.0 Å². The molecule has 2 heterocycles. The van der Waals surface area contributed by atoms with Gasteiger partial charge in [-0.25, -0.2) is 18.2 Å². The third kappa shape index (κ3) is 6.37. The highest BCUT2D eigenvalue weighted by Crippen LogP contribution is 2.25. The van der Waals surface area contributed by atoms with Crippen molar-refractivity contribution >= 4 is 27.1 Å². The number of amides is 1. The maximum absolute atomic E-state index is 13.6. The molecule has 10 heteroatoms. The van der Waals surface area contributed by atoms with E-state index in [1.165, 1.54) is 12.1 Å². The highest BCUT2D eigenvalue weighted by atomic mass is 32.2. The second kappa shape index (κ2) is 11.6. The molecule has 0 spiro atoms. The molecule has 0 aliphatic heterocycles. The van der Waals surface area contributed by atoms with Crippen LogP contribution in [-0.2, 0) is 25.9 Å². The molecule has 0 fully saturated rings. The number of nitrogens with zero attached hydrogens (tertiary/aromatic N) is 3. The molecule has 3 aromatic rings. The number of imidazole rings is 1. The van der Waals surface area contributed by atoms with Crippen molar-refractivity contribution in [3.05, 3.63) is 53.6 Å². The Morgan fingerprint density at radius 1 is 1.11 bits per heavy atom. The van der Waals surface area contributed by atoms with E-state index in [9.17, 15) is 13.2 Å². The van der Waals surface area contributed by atoms with Crippen molar-refractivity contribution in [3.63, 3.8) is 0 Å². The van der Waals surface area contributed by atoms with Gasteiger partial charge in [-0.1, -0.05) is 26.0 Å². The summed E-state index contributed by atoms with van der Waals surface area (Å²) in [7, 11) is -4.17. The molecule has 0 unspecified atom stereocenters. The van der Waals surface area contributed by atoms with Crippen LogP contribution in [0.25, 0.3) is 11.0 Å². The fourth-order valence-electron chi connectivity index (χ4n) is 3.99. The second-order valence-corrected chi connectivity index (χ2v) is 10.6. The predicted molar refractivity (Wildman–Crippen MR) is 134 cm³/mol. The summed E-state index contributed by atoms with van der Waals surface area (Å²) in [6.07, 6.45) is 1.77. The normalized spacial score (nSPS) is 12.7. The third-order valence-electron chi connectivity index (χ3n) is 5.49. The van der Waals surface area contributed by atoms with E-state index in [1.807, 2.05) is 33.8 Å². The summed E-state index contributed by atoms with van der Waals surface area (Å²) in [6.45, 7) is 9.89. The molecular formula is C25H34N4O5S. The van der Waals surface area contributed by atoms with E-state index >= 15 is 0 Å². The number of ether oxygens (including phenoxy) is 2. The standard InChI is InChI=1S/C25H34N4O5S/c1-6-33-16-20(14-17(3)4)29(25(30)34-7-2)35(31,32)21-10-8-19(9-11-21)15-23-24-22(12-13-26-23)27-18(5)28-24/h8-13,17,20H,6-7,14-16H2,1-5H3,(H,27,28)/t20-/m0/s1. The molecular weight excluding hydrogens is 468 g/mol. The fourth-order valence-corrected chi connectivity index (χ4v) is 5.49. The molecule has 0 aliphatic rings. The maximum Gasteiger partial charge on any atom is 0.424 e. The van der Waals surface area contributed by atoms with Gasteiger partial charge >= 0.3 is 6.09 Å². The first kappa shape index (κ1) is 26.6. The van der Waals surface area contributed by atoms with Crippen LogP contribution in [0.5, 0.6) is 0 Å². The summed E-state index contributed by atoms with van der Waals surface area (Å²) >= 11 is 0. The predicted octanol–water partition coefficient (Wildman–Crippen LogP) is 4.46. The Morgan fingerprint density at radius 3 is 2.46 bits per heavy atom. The second-order valence-electron chi connectivity index (χ2n) is 8.74. The minimum Gasteiger partial charge on any atom is -0.449 e. The summed E-state index contributed by atoms with van der Waals surface area (Å²) in [5, 5.41) is 0. The molecule has 0 aliphatic carbocycles. The van der Waals surface area contributed by atoms with Gasteiger partial charge < -0.3 is 14.5 Å². The van der Waals surface area contributed by atoms with Gasteiger partial charge in [0, 0.05) is 19.2 Å². The number of carbonyl (C=O) groups excluding carboxylic acids is 1. The van der Waals surface area contributed by atoms with Crippen LogP contribution in [0.3, 0.4) is 0 Å². The lowest BCUT2D eigenvalue weighted by molar-refractivity contribution is 0.0719. The molecule has 1 amide bonds. The van der Waals surface area contributed by atoms with Gasteiger partial charge in [0.05, 0.1) is 40.9 Å². The van der Waals surface area contributed by atoms with Crippen LogP contribution >= 0.6 is 0 Å². The molecule has 1 aromatic carbocycles. The van der Waals surface area contributed by atoms with Crippen molar-refractivity contribution in [3.8, 4) is 0 Å². The van der Waals surface area contributed by atoms with Crippen LogP contribution in [0.2, 0.25) is 0 Å². The SMILES string of the molecule is CCOC[C@H](CC(C)C)N(C(=O)OCC)S(=O)(=O)c1ccc(Cc2nccc3nc(C)[nH]c23)cc1. The van der Waals surface area contributed by atoms with Crippen molar-refractivity contribution < 1.29 is 22.7 Å². The Balaban J connectivity index is 1.91. The highest BCUT2D eigenvalue weighted by molar-refractivity contribution is 7.89. The lowest BCUT2D eigenvalue weighted by Crippen LogP contribution is -2.47. The van der Waals surface area contributed by atoms with E-state index in [-0.39, 0.29) is 24.0 Å². The van der Waals surface area contributed by atoms with E-state index in [1.54, 1.807) is 25.3 Å². The molecule has 9 nitrogen and oxygen atoms in total. The number of hydrogen-bond donors (Lipinski definition) is 1. The van der Waals surface area contributed by atoms with Gasteiger partial charge in [0.2, 0.25) is 0 Å². The number of carbonyl (C=O) groups is 1. The van der Waals surface area contributed by atoms with Crippen molar-refractivity contribution in [2.24, 2.45) is 5.92 Å². The maximum atomic E-state index is 13.6. The Labute approximate surface area is 206 Å². The summed E-state index contributed by atoms with van der Waals surface area (Å²) in [5.74, 6) is 0.953. The van der Waals surface area contributed by atoms with Gasteiger partial charge in [0.1, 0.15) is 5.82 Å². The summed E-state index contributed by atoms with van der Waals surface area (Å²) in [4.78, 5) is 25.0. The Hall–Kier alpha value is -2.98. The third-order valence-corrected chi connectivity index (χ3v) is 7.32. The van der Waals surface area contributed by atoms with Crippen molar-refractivity contribution in [1.82, 2.24) is 19.3 Å². The smallest absolute Gasteiger partial charge is 0.424 e. The van der Waals surface area contributed by atoms with E-state index in [0.29, 0.717) is 19.4 Å². The lowest BCUT2D eigenvalue weighted by Gasteiger charge is -2.31. The first-order valence-electron chi connectivity index (χ1n) is 11.8. The molecule has 1 atom stereocenters. The molecule has 0 saturated heterocycles. The average molecular weight is 503 g/mol. The van der Waals surface area contributed by atoms with Crippen molar-refractivity contribution in [2.75, 3.05) is 19.8 Å². The average Bonchev–Trinajstić information content (AvgIpc) is 3.19. The first-order valence-corrected chi connectivity index (χ1v) is 13.3. The largest absolute Gasteiger partial charge is 0.449 e. The van der Waals surface area contributed by atoms with Crippen LogP contribution in [0.1, 0.15) is 51.2 Å². The monoisotopic (exact) mass is 502 g/mol. The number of fused-ring (bicyclic) bond motifs is 1. The van der Waals surface area contributed by atoms with Crippen LogP contribution in [0.15, 0.2) is 41.4 Å². The molecule has 3 rings (SSSR count). The quantitative estimate of drug-likeness (QED) is 0.412. The summed E-state index contributed by atoms with van der Waals surface area (Å²) < 4.78 is 38.8. The van der Waals surface area contributed by atoms with Crippen LogP contribution in [-0.4, -0.2) is 59.6 Å². The minimum atomic E-state index is -4.17. The molecule has 0 saturated carbocycles. The number of nitrogens with one attached hydrogen (secondary N) is 1.